The Morgan fingerprint density at radius 2 is 1.93 bits per heavy atom. The smallest absolute Gasteiger partial charge is 0.255 e. The largest absolute Gasteiger partial charge is 0.486 e. The van der Waals surface area contributed by atoms with Crippen LogP contribution in [0.3, 0.4) is 0 Å². The molecular formula is C22H24N2O3S. The summed E-state index contributed by atoms with van der Waals surface area (Å²) in [5.74, 6) is 0.295. The van der Waals surface area contributed by atoms with Gasteiger partial charge in [-0.1, -0.05) is 49.4 Å². The molecule has 0 fully saturated rings. The van der Waals surface area contributed by atoms with Crippen LogP contribution < -0.4 is 10.1 Å². The quantitative estimate of drug-likeness (QED) is 0.579. The van der Waals surface area contributed by atoms with Crippen molar-refractivity contribution in [1.29, 1.82) is 0 Å². The van der Waals surface area contributed by atoms with Gasteiger partial charge in [0.05, 0.1) is 23.4 Å². The lowest BCUT2D eigenvalue weighted by Crippen LogP contribution is -2.39. The van der Waals surface area contributed by atoms with Gasteiger partial charge in [-0.15, -0.1) is 11.3 Å². The molecule has 0 saturated carbocycles. The second-order valence-corrected chi connectivity index (χ2v) is 7.80. The van der Waals surface area contributed by atoms with Crippen molar-refractivity contribution in [2.45, 2.75) is 20.0 Å². The Morgan fingerprint density at radius 1 is 1.18 bits per heavy atom. The average Bonchev–Trinajstić information content (AvgIpc) is 3.25. The molecule has 0 unspecified atom stereocenters. The first-order valence-electron chi connectivity index (χ1n) is 9.11. The molecule has 0 bridgehead atoms. The molecule has 0 aliphatic carbocycles. The van der Waals surface area contributed by atoms with Gasteiger partial charge in [0.1, 0.15) is 12.4 Å². The van der Waals surface area contributed by atoms with Crippen LogP contribution in [0.1, 0.15) is 28.5 Å². The van der Waals surface area contributed by atoms with Crippen molar-refractivity contribution in [3.8, 4) is 5.75 Å². The first-order valence-corrected chi connectivity index (χ1v) is 10.1. The van der Waals surface area contributed by atoms with Crippen molar-refractivity contribution in [2.75, 3.05) is 13.2 Å². The highest BCUT2D eigenvalue weighted by molar-refractivity contribution is 7.07. The number of ether oxygens (including phenoxy) is 1. The molecule has 3 aromatic rings. The van der Waals surface area contributed by atoms with Gasteiger partial charge in [0.15, 0.2) is 0 Å². The molecular weight excluding hydrogens is 372 g/mol. The van der Waals surface area contributed by atoms with Crippen molar-refractivity contribution in [1.82, 2.24) is 10.3 Å². The van der Waals surface area contributed by atoms with Crippen LogP contribution in [-0.4, -0.2) is 29.1 Å². The molecule has 0 saturated heterocycles. The molecule has 3 rings (SSSR count). The minimum Gasteiger partial charge on any atom is -0.486 e. The molecule has 5 nitrogen and oxygen atoms in total. The van der Waals surface area contributed by atoms with Crippen molar-refractivity contribution in [3.63, 3.8) is 0 Å². The van der Waals surface area contributed by atoms with Crippen LogP contribution >= 0.6 is 11.3 Å². The normalized spacial score (nSPS) is 12.9. The van der Waals surface area contributed by atoms with Crippen LogP contribution in [0.2, 0.25) is 0 Å². The number of amides is 1. The van der Waals surface area contributed by atoms with Crippen molar-refractivity contribution >= 4 is 17.2 Å². The van der Waals surface area contributed by atoms with Crippen molar-refractivity contribution in [2.24, 2.45) is 5.41 Å². The molecule has 2 aromatic carbocycles. The topological polar surface area (TPSA) is 71.5 Å². The number of carbonyl (C=O) groups excluding carboxylic acids is 1. The van der Waals surface area contributed by atoms with Gasteiger partial charge in [0.25, 0.3) is 5.91 Å². The van der Waals surface area contributed by atoms with Gasteiger partial charge in [0.2, 0.25) is 0 Å². The van der Waals surface area contributed by atoms with Gasteiger partial charge < -0.3 is 15.2 Å². The standard InChI is InChI=1S/C22H24N2O3S/c1-22(15-25,11-17-7-3-2-4-8-17)14-23-21(26)19-9-5-6-10-20(19)27-12-18-13-28-16-24-18/h2-10,13,16,25H,11-12,14-15H2,1H3,(H,23,26)/t22-/m1/s1. The maximum Gasteiger partial charge on any atom is 0.255 e. The van der Waals surface area contributed by atoms with Gasteiger partial charge in [0, 0.05) is 17.3 Å². The first-order chi connectivity index (χ1) is 13.6. The zero-order valence-corrected chi connectivity index (χ0v) is 16.6. The van der Waals surface area contributed by atoms with E-state index in [0.717, 1.165) is 11.3 Å². The summed E-state index contributed by atoms with van der Waals surface area (Å²) in [5.41, 5.74) is 3.72. The molecule has 6 heteroatoms. The Balaban J connectivity index is 1.63. The van der Waals surface area contributed by atoms with Crippen LogP contribution in [0.5, 0.6) is 5.75 Å². The SMILES string of the molecule is C[C@](CO)(CNC(=O)c1ccccc1OCc1cscn1)Cc1ccccc1. The Morgan fingerprint density at radius 3 is 2.64 bits per heavy atom. The van der Waals surface area contributed by atoms with E-state index in [4.69, 9.17) is 4.74 Å². The van der Waals surface area contributed by atoms with Crippen LogP contribution in [0.25, 0.3) is 0 Å². The fourth-order valence-electron chi connectivity index (χ4n) is 2.89. The fraction of sp³-hybridized carbons (Fsp3) is 0.273. The number of aliphatic hydroxyl groups is 1. The monoisotopic (exact) mass is 396 g/mol. The Kier molecular flexibility index (Phi) is 6.79. The zero-order valence-electron chi connectivity index (χ0n) is 15.8. The number of hydrogen-bond acceptors (Lipinski definition) is 5. The second-order valence-electron chi connectivity index (χ2n) is 7.08. The molecule has 0 radical (unpaired) electrons. The van der Waals surface area contributed by atoms with E-state index in [0.29, 0.717) is 30.9 Å². The first kappa shape index (κ1) is 20.0. The minimum atomic E-state index is -0.451. The van der Waals surface area contributed by atoms with Gasteiger partial charge in [-0.25, -0.2) is 4.98 Å². The number of carbonyl (C=O) groups is 1. The van der Waals surface area contributed by atoms with E-state index in [1.165, 1.54) is 11.3 Å². The van der Waals surface area contributed by atoms with E-state index in [2.05, 4.69) is 10.3 Å². The van der Waals surface area contributed by atoms with Gasteiger partial charge >= 0.3 is 0 Å². The molecule has 146 valence electrons. The Hall–Kier alpha value is -2.70. The van der Waals surface area contributed by atoms with Crippen LogP contribution in [0.4, 0.5) is 0 Å². The third-order valence-corrected chi connectivity index (χ3v) is 5.16. The number of thiazole rings is 1. The molecule has 1 aromatic heterocycles. The maximum absolute atomic E-state index is 12.8. The summed E-state index contributed by atoms with van der Waals surface area (Å²) in [5, 5.41) is 14.8. The third kappa shape index (κ3) is 5.41. The summed E-state index contributed by atoms with van der Waals surface area (Å²) in [6.07, 6.45) is 0.673. The van der Waals surface area contributed by atoms with Gasteiger partial charge in [-0.05, 0) is 24.1 Å². The summed E-state index contributed by atoms with van der Waals surface area (Å²) in [4.78, 5) is 16.9. The van der Waals surface area contributed by atoms with Gasteiger partial charge in [-0.3, -0.25) is 4.79 Å². The lowest BCUT2D eigenvalue weighted by atomic mass is 9.84. The van der Waals surface area contributed by atoms with Crippen molar-refractivity contribution < 1.29 is 14.6 Å². The van der Waals surface area contributed by atoms with E-state index < -0.39 is 5.41 Å². The third-order valence-electron chi connectivity index (χ3n) is 4.52. The predicted molar refractivity (Wildman–Crippen MR) is 111 cm³/mol. The molecule has 1 atom stereocenters. The Labute approximate surface area is 169 Å². The highest BCUT2D eigenvalue weighted by Gasteiger charge is 2.25. The Bertz CT molecular complexity index is 884. The zero-order chi connectivity index (χ0) is 19.8. The number of nitrogens with zero attached hydrogens (tertiary/aromatic N) is 1. The summed E-state index contributed by atoms with van der Waals surface area (Å²) in [6.45, 7) is 2.61. The summed E-state index contributed by atoms with van der Waals surface area (Å²) >= 11 is 1.51. The van der Waals surface area contributed by atoms with Crippen LogP contribution in [0.15, 0.2) is 65.5 Å². The number of hydrogen-bond donors (Lipinski definition) is 2. The molecule has 0 aliphatic heterocycles. The van der Waals surface area contributed by atoms with Crippen molar-refractivity contribution in [3.05, 3.63) is 82.3 Å². The average molecular weight is 397 g/mol. The highest BCUT2D eigenvalue weighted by atomic mass is 32.1. The van der Waals surface area contributed by atoms with E-state index in [1.807, 2.05) is 48.7 Å². The van der Waals surface area contributed by atoms with Gasteiger partial charge in [-0.2, -0.15) is 0 Å². The fourth-order valence-corrected chi connectivity index (χ4v) is 3.44. The van der Waals surface area contributed by atoms with E-state index in [9.17, 15) is 9.90 Å². The number of rotatable bonds is 9. The van der Waals surface area contributed by atoms with E-state index in [1.54, 1.807) is 23.7 Å². The minimum absolute atomic E-state index is 0.0237. The number of benzene rings is 2. The number of nitrogens with one attached hydrogen (secondary N) is 1. The van der Waals surface area contributed by atoms with Crippen LogP contribution in [0, 0.1) is 5.41 Å². The maximum atomic E-state index is 12.8. The molecule has 1 heterocycles. The molecule has 1 amide bonds. The number of aromatic nitrogens is 1. The molecule has 0 aliphatic rings. The molecule has 0 spiro atoms. The summed E-state index contributed by atoms with van der Waals surface area (Å²) < 4.78 is 5.79. The van der Waals surface area contributed by atoms with Crippen LogP contribution in [-0.2, 0) is 13.0 Å². The number of para-hydroxylation sites is 1. The lowest BCUT2D eigenvalue weighted by Gasteiger charge is -2.28. The second kappa shape index (κ2) is 9.48. The summed E-state index contributed by atoms with van der Waals surface area (Å²) in [6, 6.07) is 17.1. The summed E-state index contributed by atoms with van der Waals surface area (Å²) in [7, 11) is 0. The lowest BCUT2D eigenvalue weighted by molar-refractivity contribution is 0.0891. The molecule has 2 N–H and O–H groups in total. The highest BCUT2D eigenvalue weighted by Crippen LogP contribution is 2.23. The van der Waals surface area contributed by atoms with E-state index in [-0.39, 0.29) is 12.5 Å². The number of aliphatic hydroxyl groups excluding tert-OH is 1. The molecule has 28 heavy (non-hydrogen) atoms. The predicted octanol–water partition coefficient (Wildman–Crippen LogP) is 3.69. The van der Waals surface area contributed by atoms with E-state index >= 15 is 0 Å².